The number of aromatic nitrogens is 3. The van der Waals surface area contributed by atoms with Gasteiger partial charge in [-0.2, -0.15) is 0 Å². The number of benzene rings is 1. The van der Waals surface area contributed by atoms with Crippen molar-refractivity contribution in [1.82, 2.24) is 14.4 Å². The maximum absolute atomic E-state index is 13.4. The number of aliphatic hydroxyl groups excluding tert-OH is 1. The number of pyridine rings is 1. The first-order valence-corrected chi connectivity index (χ1v) is 11.8. The Balaban J connectivity index is 1.77. The van der Waals surface area contributed by atoms with Crippen molar-refractivity contribution in [3.8, 4) is 11.5 Å². The van der Waals surface area contributed by atoms with E-state index in [1.807, 2.05) is 13.0 Å². The second kappa shape index (κ2) is 8.88. The molecule has 4 heterocycles. The van der Waals surface area contributed by atoms with Crippen molar-refractivity contribution in [1.29, 1.82) is 0 Å². The lowest BCUT2D eigenvalue weighted by molar-refractivity contribution is -0.132. The molecule has 1 atom stereocenters. The second-order valence-electron chi connectivity index (χ2n) is 7.80. The fourth-order valence-electron chi connectivity index (χ4n) is 4.34. The van der Waals surface area contributed by atoms with Gasteiger partial charge in [0.15, 0.2) is 22.4 Å². The molecule has 1 aromatic carbocycles. The molecule has 0 bridgehead atoms. The summed E-state index contributed by atoms with van der Waals surface area (Å²) in [6.07, 6.45) is 3.31. The molecule has 1 N–H and O–H groups in total. The van der Waals surface area contributed by atoms with Crippen LogP contribution >= 0.6 is 11.3 Å². The largest absolute Gasteiger partial charge is 0.505 e. The van der Waals surface area contributed by atoms with E-state index in [2.05, 4.69) is 9.97 Å². The molecule has 0 radical (unpaired) electrons. The number of thiazole rings is 1. The number of aliphatic hydroxyl groups is 1. The lowest BCUT2D eigenvalue weighted by atomic mass is 9.96. The topological polar surface area (TPSA) is 106 Å². The Morgan fingerprint density at radius 1 is 1.20 bits per heavy atom. The summed E-state index contributed by atoms with van der Waals surface area (Å²) in [7, 11) is 1.52. The van der Waals surface area contributed by atoms with Crippen molar-refractivity contribution < 1.29 is 24.2 Å². The van der Waals surface area contributed by atoms with Gasteiger partial charge in [-0.3, -0.25) is 18.9 Å². The maximum atomic E-state index is 13.4. The number of carbonyl (C=O) groups excluding carboxylic acids is 2. The number of carbonyl (C=O) groups is 2. The van der Waals surface area contributed by atoms with Gasteiger partial charge >= 0.3 is 5.91 Å². The summed E-state index contributed by atoms with van der Waals surface area (Å²) < 4.78 is 12.8. The lowest BCUT2D eigenvalue weighted by Crippen LogP contribution is -2.29. The molecular formula is C25H22N4O5S. The molecule has 0 saturated carbocycles. The summed E-state index contributed by atoms with van der Waals surface area (Å²) in [6.45, 7) is 4.05. The van der Waals surface area contributed by atoms with Gasteiger partial charge in [-0.05, 0) is 43.7 Å². The molecule has 1 fully saturated rings. The number of imidazole rings is 1. The van der Waals surface area contributed by atoms with E-state index in [4.69, 9.17) is 9.47 Å². The predicted octanol–water partition coefficient (Wildman–Crippen LogP) is 4.13. The van der Waals surface area contributed by atoms with Crippen molar-refractivity contribution >= 4 is 39.6 Å². The average Bonchev–Trinajstić information content (AvgIpc) is 3.56. The molecule has 3 aromatic heterocycles. The number of fused-ring (bicyclic) bond motifs is 1. The Kier molecular flexibility index (Phi) is 5.73. The highest BCUT2D eigenvalue weighted by atomic mass is 32.1. The van der Waals surface area contributed by atoms with Gasteiger partial charge in [0.25, 0.3) is 5.78 Å². The third kappa shape index (κ3) is 3.62. The Bertz CT molecular complexity index is 1470. The number of nitrogens with zero attached hydrogens (tertiary/aromatic N) is 4. The van der Waals surface area contributed by atoms with Crippen LogP contribution in [0.2, 0.25) is 0 Å². The summed E-state index contributed by atoms with van der Waals surface area (Å²) in [5.74, 6) is -0.911. The van der Waals surface area contributed by atoms with Crippen LogP contribution in [0.25, 0.3) is 11.4 Å². The van der Waals surface area contributed by atoms with Gasteiger partial charge < -0.3 is 14.6 Å². The van der Waals surface area contributed by atoms with Crippen LogP contribution in [0.4, 0.5) is 5.13 Å². The normalized spacial score (nSPS) is 17.3. The average molecular weight is 491 g/mol. The van der Waals surface area contributed by atoms with E-state index in [1.54, 1.807) is 59.4 Å². The van der Waals surface area contributed by atoms with Gasteiger partial charge in [0.1, 0.15) is 11.3 Å². The Morgan fingerprint density at radius 2 is 2.03 bits per heavy atom. The van der Waals surface area contributed by atoms with Crippen LogP contribution in [0.3, 0.4) is 0 Å². The summed E-state index contributed by atoms with van der Waals surface area (Å²) >= 11 is 1.23. The van der Waals surface area contributed by atoms with Crippen LogP contribution in [-0.2, 0) is 9.59 Å². The van der Waals surface area contributed by atoms with Gasteiger partial charge in [0.05, 0.1) is 31.0 Å². The van der Waals surface area contributed by atoms with Crippen LogP contribution in [0.15, 0.2) is 59.7 Å². The fourth-order valence-corrected chi connectivity index (χ4v) is 5.00. The van der Waals surface area contributed by atoms with Crippen LogP contribution in [0, 0.1) is 6.92 Å². The van der Waals surface area contributed by atoms with Crippen LogP contribution < -0.4 is 14.4 Å². The van der Waals surface area contributed by atoms with Crippen molar-refractivity contribution in [2.24, 2.45) is 0 Å². The minimum atomic E-state index is -0.931. The van der Waals surface area contributed by atoms with E-state index in [9.17, 15) is 14.7 Å². The fraction of sp³-hybridized carbons (Fsp3) is 0.200. The third-order valence-electron chi connectivity index (χ3n) is 5.80. The maximum Gasteiger partial charge on any atom is 0.301 e. The molecule has 178 valence electrons. The third-order valence-corrected chi connectivity index (χ3v) is 6.57. The number of anilines is 1. The first-order valence-electron chi connectivity index (χ1n) is 10.9. The van der Waals surface area contributed by atoms with Gasteiger partial charge in [-0.15, -0.1) is 11.3 Å². The number of aryl methyl sites for hydroxylation is 1. The van der Waals surface area contributed by atoms with Gasteiger partial charge in [-0.25, -0.2) is 9.97 Å². The quantitative estimate of drug-likeness (QED) is 0.246. The number of methoxy groups -OCH3 is 1. The minimum Gasteiger partial charge on any atom is -0.505 e. The smallest absolute Gasteiger partial charge is 0.301 e. The van der Waals surface area contributed by atoms with E-state index < -0.39 is 17.7 Å². The molecule has 5 rings (SSSR count). The van der Waals surface area contributed by atoms with E-state index in [0.717, 1.165) is 0 Å². The van der Waals surface area contributed by atoms with Crippen molar-refractivity contribution in [2.45, 2.75) is 19.9 Å². The molecule has 1 aliphatic rings. The van der Waals surface area contributed by atoms with Gasteiger partial charge in [0, 0.05) is 17.8 Å². The number of rotatable bonds is 6. The zero-order valence-electron chi connectivity index (χ0n) is 19.3. The van der Waals surface area contributed by atoms with Crippen molar-refractivity contribution in [2.75, 3.05) is 18.6 Å². The summed E-state index contributed by atoms with van der Waals surface area (Å²) in [4.78, 5) is 36.7. The molecule has 1 unspecified atom stereocenters. The molecule has 1 amide bonds. The first kappa shape index (κ1) is 22.6. The molecule has 4 aromatic rings. The second-order valence-corrected chi connectivity index (χ2v) is 8.67. The highest BCUT2D eigenvalue weighted by Crippen LogP contribution is 2.44. The molecule has 1 aliphatic heterocycles. The molecule has 35 heavy (non-hydrogen) atoms. The number of hydrogen-bond donors (Lipinski definition) is 1. The van der Waals surface area contributed by atoms with E-state index >= 15 is 0 Å². The lowest BCUT2D eigenvalue weighted by Gasteiger charge is -2.23. The molecule has 1 saturated heterocycles. The first-order chi connectivity index (χ1) is 17.0. The van der Waals surface area contributed by atoms with Crippen LogP contribution in [0.5, 0.6) is 11.5 Å². The Morgan fingerprint density at radius 3 is 2.74 bits per heavy atom. The summed E-state index contributed by atoms with van der Waals surface area (Å²) in [6, 6.07) is 9.68. The summed E-state index contributed by atoms with van der Waals surface area (Å²) in [5, 5.41) is 13.6. The van der Waals surface area contributed by atoms with E-state index in [-0.39, 0.29) is 11.3 Å². The molecular weight excluding hydrogens is 468 g/mol. The predicted molar refractivity (Wildman–Crippen MR) is 131 cm³/mol. The molecule has 0 aliphatic carbocycles. The van der Waals surface area contributed by atoms with Crippen molar-refractivity contribution in [3.05, 3.63) is 76.7 Å². The molecule has 9 nitrogen and oxygen atoms in total. The number of amides is 1. The monoisotopic (exact) mass is 490 g/mol. The number of ether oxygens (including phenoxy) is 2. The van der Waals surface area contributed by atoms with Crippen LogP contribution in [-0.4, -0.2) is 44.9 Å². The zero-order chi connectivity index (χ0) is 24.7. The van der Waals surface area contributed by atoms with E-state index in [1.165, 1.54) is 23.3 Å². The Hall–Kier alpha value is -4.18. The minimum absolute atomic E-state index is 0.0508. The van der Waals surface area contributed by atoms with Crippen LogP contribution in [0.1, 0.15) is 29.9 Å². The highest BCUT2D eigenvalue weighted by Gasteiger charge is 2.48. The SMILES string of the molecule is CCOc1ccc(C2/C(=C(\O)c3c(C)nc4ccccn34)C(=O)C(=O)N2c2nccs2)cc1OC. The number of Topliss-reactive ketones (excluding diaryl/α,β-unsaturated/α-hetero) is 1. The molecule has 0 spiro atoms. The number of hydrogen-bond acceptors (Lipinski definition) is 8. The highest BCUT2D eigenvalue weighted by molar-refractivity contribution is 7.14. The standard InChI is InChI=1S/C25H22N4O5S/c1-4-34-16-9-8-15(13-17(16)33-3)21-19(23(31)24(32)29(21)25-26-10-12-35-25)22(30)20-14(2)27-18-7-5-6-11-28(18)20/h5-13,21,30H,4H2,1-3H3/b22-19+. The molecule has 10 heteroatoms. The van der Waals surface area contributed by atoms with Crippen molar-refractivity contribution in [3.63, 3.8) is 0 Å². The summed E-state index contributed by atoms with van der Waals surface area (Å²) in [5.41, 5.74) is 2.00. The van der Waals surface area contributed by atoms with Gasteiger partial charge in [-0.1, -0.05) is 12.1 Å². The zero-order valence-corrected chi connectivity index (χ0v) is 20.1. The number of ketones is 1. The van der Waals surface area contributed by atoms with E-state index in [0.29, 0.717) is 45.8 Å². The van der Waals surface area contributed by atoms with Gasteiger partial charge in [0.2, 0.25) is 0 Å². The Labute approximate surface area is 204 Å².